The molecule has 0 saturated heterocycles. The van der Waals surface area contributed by atoms with Gasteiger partial charge in [-0.1, -0.05) is 78.1 Å². The molecule has 4 nitrogen and oxygen atoms in total. The highest BCUT2D eigenvalue weighted by Crippen LogP contribution is 2.35. The van der Waals surface area contributed by atoms with Crippen LogP contribution in [0.25, 0.3) is 0 Å². The fourth-order valence-corrected chi connectivity index (χ4v) is 6.50. The zero-order valence-electron chi connectivity index (χ0n) is 20.8. The van der Waals surface area contributed by atoms with Crippen LogP contribution in [0.4, 0.5) is 0 Å². The maximum atomic E-state index is 12.9. The molecule has 0 bridgehead atoms. The third-order valence-corrected chi connectivity index (χ3v) is 8.62. The van der Waals surface area contributed by atoms with Gasteiger partial charge in [-0.05, 0) is 62.2 Å². The van der Waals surface area contributed by atoms with E-state index in [0.29, 0.717) is 25.0 Å². The lowest BCUT2D eigenvalue weighted by Crippen LogP contribution is -2.36. The fourth-order valence-electron chi connectivity index (χ4n) is 6.50. The Morgan fingerprint density at radius 3 is 1.25 bits per heavy atom. The van der Waals surface area contributed by atoms with E-state index in [1.807, 2.05) is 0 Å². The molecular weight excluding hydrogens is 400 g/mol. The van der Waals surface area contributed by atoms with Gasteiger partial charge >= 0.3 is 11.9 Å². The number of ether oxygens (including phenoxy) is 2. The second-order valence-corrected chi connectivity index (χ2v) is 11.1. The Hall–Kier alpha value is -1.06. The summed E-state index contributed by atoms with van der Waals surface area (Å²) in [6, 6.07) is 0. The van der Waals surface area contributed by atoms with E-state index in [4.69, 9.17) is 9.47 Å². The summed E-state index contributed by atoms with van der Waals surface area (Å²) in [5.74, 6) is 1.84. The smallest absolute Gasteiger partial charge is 0.309 e. The molecule has 0 aromatic heterocycles. The molecule has 3 aliphatic carbocycles. The van der Waals surface area contributed by atoms with Crippen molar-refractivity contribution in [2.45, 2.75) is 117 Å². The van der Waals surface area contributed by atoms with E-state index in [2.05, 4.69) is 13.8 Å². The predicted molar refractivity (Wildman–Crippen MR) is 128 cm³/mol. The van der Waals surface area contributed by atoms with Crippen molar-refractivity contribution in [1.82, 2.24) is 0 Å². The Kier molecular flexibility index (Phi) is 10.9. The molecule has 184 valence electrons. The van der Waals surface area contributed by atoms with Gasteiger partial charge in [-0.15, -0.1) is 0 Å². The molecule has 3 rings (SSSR count). The van der Waals surface area contributed by atoms with E-state index < -0.39 is 0 Å². The third-order valence-electron chi connectivity index (χ3n) is 8.62. The summed E-state index contributed by atoms with van der Waals surface area (Å²) >= 11 is 0. The summed E-state index contributed by atoms with van der Waals surface area (Å²) in [6.45, 7) is 5.60. The van der Waals surface area contributed by atoms with Gasteiger partial charge in [0.2, 0.25) is 0 Å². The van der Waals surface area contributed by atoms with Gasteiger partial charge in [0.1, 0.15) is 0 Å². The first kappa shape index (κ1) is 25.6. The average molecular weight is 449 g/mol. The van der Waals surface area contributed by atoms with Gasteiger partial charge in [0.25, 0.3) is 0 Å². The summed E-state index contributed by atoms with van der Waals surface area (Å²) in [5.41, 5.74) is 0. The van der Waals surface area contributed by atoms with Crippen LogP contribution in [0.5, 0.6) is 0 Å². The van der Waals surface area contributed by atoms with Gasteiger partial charge in [0.05, 0.1) is 25.0 Å². The summed E-state index contributed by atoms with van der Waals surface area (Å²) in [6.07, 6.45) is 18.5. The normalized spacial score (nSPS) is 33.4. The fraction of sp³-hybridized carbons (Fsp3) is 0.929. The van der Waals surface area contributed by atoms with E-state index in [1.54, 1.807) is 0 Å². The molecule has 0 aromatic rings. The number of hydrogen-bond acceptors (Lipinski definition) is 4. The first-order valence-electron chi connectivity index (χ1n) is 13.9. The van der Waals surface area contributed by atoms with Crippen LogP contribution < -0.4 is 0 Å². The van der Waals surface area contributed by atoms with Gasteiger partial charge in [-0.3, -0.25) is 9.59 Å². The summed E-state index contributed by atoms with van der Waals surface area (Å²) in [4.78, 5) is 25.8. The van der Waals surface area contributed by atoms with E-state index >= 15 is 0 Å². The molecule has 0 N–H and O–H groups in total. The number of carbonyl (C=O) groups is 2. The van der Waals surface area contributed by atoms with Crippen LogP contribution >= 0.6 is 0 Å². The van der Waals surface area contributed by atoms with E-state index in [1.165, 1.54) is 77.0 Å². The Morgan fingerprint density at radius 1 is 0.562 bits per heavy atom. The minimum Gasteiger partial charge on any atom is -0.465 e. The van der Waals surface area contributed by atoms with E-state index in [9.17, 15) is 9.59 Å². The average Bonchev–Trinajstić information content (AvgIpc) is 2.83. The molecule has 0 radical (unpaired) electrons. The monoisotopic (exact) mass is 448 g/mol. The number of carbonyl (C=O) groups excluding carboxylic acids is 2. The lowest BCUT2D eigenvalue weighted by atomic mass is 9.78. The maximum Gasteiger partial charge on any atom is 0.309 e. The van der Waals surface area contributed by atoms with E-state index in [-0.39, 0.29) is 23.8 Å². The van der Waals surface area contributed by atoms with Gasteiger partial charge < -0.3 is 9.47 Å². The Labute approximate surface area is 196 Å². The van der Waals surface area contributed by atoms with Crippen LogP contribution in [-0.2, 0) is 19.1 Å². The number of rotatable bonds is 10. The summed E-state index contributed by atoms with van der Waals surface area (Å²) < 4.78 is 11.6. The van der Waals surface area contributed by atoms with Gasteiger partial charge in [0, 0.05) is 0 Å². The molecule has 3 saturated carbocycles. The number of esters is 2. The molecule has 2 atom stereocenters. The molecule has 2 unspecified atom stereocenters. The van der Waals surface area contributed by atoms with Crippen LogP contribution in [0.15, 0.2) is 0 Å². The molecule has 0 aromatic carbocycles. The van der Waals surface area contributed by atoms with Crippen molar-refractivity contribution >= 4 is 11.9 Å². The third kappa shape index (κ3) is 7.76. The van der Waals surface area contributed by atoms with Crippen molar-refractivity contribution in [3.05, 3.63) is 0 Å². The van der Waals surface area contributed by atoms with Crippen molar-refractivity contribution in [2.75, 3.05) is 13.2 Å². The lowest BCUT2D eigenvalue weighted by Gasteiger charge is -2.32. The maximum absolute atomic E-state index is 12.9. The standard InChI is InChI=1S/C28H48O4/c1-3-7-21-11-15-23(16-12-21)19-31-27(29)25-9-5-6-10-26(25)28(30)32-20-24-17-13-22(8-4-2)14-18-24/h21-26H,3-20H2,1-2H3. The van der Waals surface area contributed by atoms with Gasteiger partial charge in [-0.2, -0.15) is 0 Å². The van der Waals surface area contributed by atoms with Crippen molar-refractivity contribution in [3.8, 4) is 0 Å². The van der Waals surface area contributed by atoms with E-state index in [0.717, 1.165) is 37.5 Å². The predicted octanol–water partition coefficient (Wildman–Crippen LogP) is 7.09. The molecule has 0 amide bonds. The summed E-state index contributed by atoms with van der Waals surface area (Å²) in [5, 5.41) is 0. The highest BCUT2D eigenvalue weighted by molar-refractivity contribution is 5.82. The molecule has 32 heavy (non-hydrogen) atoms. The van der Waals surface area contributed by atoms with Crippen LogP contribution in [0.1, 0.15) is 117 Å². The van der Waals surface area contributed by atoms with Crippen LogP contribution in [0, 0.1) is 35.5 Å². The minimum absolute atomic E-state index is 0.151. The van der Waals surface area contributed by atoms with Crippen LogP contribution in [0.2, 0.25) is 0 Å². The molecule has 0 spiro atoms. The molecule has 0 heterocycles. The minimum atomic E-state index is -0.298. The molecular formula is C28H48O4. The largest absolute Gasteiger partial charge is 0.465 e. The summed E-state index contributed by atoms with van der Waals surface area (Å²) in [7, 11) is 0. The zero-order chi connectivity index (χ0) is 22.8. The SMILES string of the molecule is CCCC1CCC(COC(=O)C2CCCCC2C(=O)OCC2CCC(CCC)CC2)CC1. The quantitative estimate of drug-likeness (QED) is 0.335. The van der Waals surface area contributed by atoms with Crippen LogP contribution in [-0.4, -0.2) is 25.2 Å². The number of hydrogen-bond donors (Lipinski definition) is 0. The van der Waals surface area contributed by atoms with Crippen molar-refractivity contribution in [2.24, 2.45) is 35.5 Å². The zero-order valence-corrected chi connectivity index (χ0v) is 20.8. The topological polar surface area (TPSA) is 52.6 Å². The highest BCUT2D eigenvalue weighted by atomic mass is 16.5. The Morgan fingerprint density at radius 2 is 0.906 bits per heavy atom. The molecule has 4 heteroatoms. The van der Waals surface area contributed by atoms with Gasteiger partial charge in [-0.25, -0.2) is 0 Å². The second kappa shape index (κ2) is 13.6. The first-order chi connectivity index (χ1) is 15.6. The molecule has 0 aliphatic heterocycles. The van der Waals surface area contributed by atoms with Gasteiger partial charge in [0.15, 0.2) is 0 Å². The van der Waals surface area contributed by atoms with Crippen molar-refractivity contribution in [1.29, 1.82) is 0 Å². The Bertz CT molecular complexity index is 508. The van der Waals surface area contributed by atoms with Crippen molar-refractivity contribution in [3.63, 3.8) is 0 Å². The Balaban J connectivity index is 1.39. The lowest BCUT2D eigenvalue weighted by molar-refractivity contribution is -0.164. The second-order valence-electron chi connectivity index (χ2n) is 11.1. The molecule has 3 aliphatic rings. The van der Waals surface area contributed by atoms with Crippen LogP contribution in [0.3, 0.4) is 0 Å². The van der Waals surface area contributed by atoms with Crippen molar-refractivity contribution < 1.29 is 19.1 Å². The highest BCUT2D eigenvalue weighted by Gasteiger charge is 2.38. The first-order valence-corrected chi connectivity index (χ1v) is 13.9. The molecule has 3 fully saturated rings.